The van der Waals surface area contributed by atoms with E-state index in [9.17, 15) is 9.59 Å². The summed E-state index contributed by atoms with van der Waals surface area (Å²) in [6.07, 6.45) is 3.91. The lowest BCUT2D eigenvalue weighted by molar-refractivity contribution is 0.0915. The third-order valence-electron chi connectivity index (χ3n) is 8.24. The van der Waals surface area contributed by atoms with E-state index in [1.165, 1.54) is 11.3 Å². The molecule has 0 saturated carbocycles. The van der Waals surface area contributed by atoms with Crippen molar-refractivity contribution in [3.63, 3.8) is 0 Å². The number of carbonyl (C=O) groups is 1. The first-order valence-corrected chi connectivity index (χ1v) is 16.2. The first kappa shape index (κ1) is 30.1. The van der Waals surface area contributed by atoms with Gasteiger partial charge >= 0.3 is 0 Å². The van der Waals surface area contributed by atoms with Crippen LogP contribution in [-0.2, 0) is 0 Å². The lowest BCUT2D eigenvalue weighted by Gasteiger charge is -2.32. The minimum atomic E-state index is -0.424. The van der Waals surface area contributed by atoms with Crippen molar-refractivity contribution >= 4 is 44.8 Å². The number of ether oxygens (including phenoxy) is 1. The molecule has 232 valence electrons. The number of nitrogens with two attached hydrogens (primary N) is 2. The number of thiophene rings is 1. The zero-order valence-corrected chi connectivity index (χ0v) is 25.7. The predicted molar refractivity (Wildman–Crippen MR) is 177 cm³/mol. The number of likely N-dealkylation sites (tertiary alicyclic amines) is 1. The van der Waals surface area contributed by atoms with Gasteiger partial charge in [-0.3, -0.25) is 14.2 Å². The van der Waals surface area contributed by atoms with Crippen LogP contribution in [0.2, 0.25) is 0 Å². The van der Waals surface area contributed by atoms with Crippen molar-refractivity contribution in [1.82, 2.24) is 25.1 Å². The Morgan fingerprint density at radius 3 is 2.61 bits per heavy atom. The Morgan fingerprint density at radius 2 is 1.82 bits per heavy atom. The third kappa shape index (κ3) is 6.58. The molecule has 4 heterocycles. The SMILES string of the molecule is NCCCNCCCN1CCC(NC(=O)c2cc3c(nc(N)c(=O)n3-c3ccc4c(c3)N(c3ccccc3)CCO4)s2)CC1. The maximum Gasteiger partial charge on any atom is 0.298 e. The molecule has 1 fully saturated rings. The van der Waals surface area contributed by atoms with Crippen molar-refractivity contribution in [1.29, 1.82) is 0 Å². The lowest BCUT2D eigenvalue weighted by Crippen LogP contribution is -2.45. The molecule has 2 aliphatic heterocycles. The number of fused-ring (bicyclic) bond motifs is 2. The summed E-state index contributed by atoms with van der Waals surface area (Å²) in [4.78, 5) is 36.8. The quantitative estimate of drug-likeness (QED) is 0.187. The van der Waals surface area contributed by atoms with Crippen LogP contribution in [0.4, 0.5) is 17.2 Å². The largest absolute Gasteiger partial charge is 0.490 e. The number of hydrogen-bond donors (Lipinski definition) is 4. The zero-order chi connectivity index (χ0) is 30.5. The van der Waals surface area contributed by atoms with Gasteiger partial charge in [0, 0.05) is 24.8 Å². The molecule has 2 aromatic carbocycles. The van der Waals surface area contributed by atoms with Gasteiger partial charge in [0.25, 0.3) is 11.5 Å². The molecule has 0 spiro atoms. The van der Waals surface area contributed by atoms with E-state index in [1.54, 1.807) is 10.6 Å². The van der Waals surface area contributed by atoms with Gasteiger partial charge in [0.05, 0.1) is 28.3 Å². The van der Waals surface area contributed by atoms with E-state index in [2.05, 4.69) is 25.4 Å². The maximum atomic E-state index is 13.4. The zero-order valence-electron chi connectivity index (χ0n) is 24.8. The number of hydrogen-bond acceptors (Lipinski definition) is 10. The minimum Gasteiger partial charge on any atom is -0.490 e. The van der Waals surface area contributed by atoms with Gasteiger partial charge in [0.15, 0.2) is 5.82 Å². The van der Waals surface area contributed by atoms with Gasteiger partial charge in [0.1, 0.15) is 17.2 Å². The van der Waals surface area contributed by atoms with Crippen LogP contribution in [0.3, 0.4) is 0 Å². The van der Waals surface area contributed by atoms with Crippen LogP contribution in [0.15, 0.2) is 59.4 Å². The number of anilines is 3. The van der Waals surface area contributed by atoms with E-state index in [4.69, 9.17) is 16.2 Å². The van der Waals surface area contributed by atoms with Crippen LogP contribution >= 0.6 is 11.3 Å². The second-order valence-corrected chi connectivity index (χ2v) is 12.3. The molecule has 44 heavy (non-hydrogen) atoms. The Morgan fingerprint density at radius 1 is 1.02 bits per heavy atom. The molecule has 6 N–H and O–H groups in total. The molecule has 2 aromatic heterocycles. The second-order valence-electron chi connectivity index (χ2n) is 11.3. The van der Waals surface area contributed by atoms with Crippen molar-refractivity contribution in [3.05, 3.63) is 69.8 Å². The van der Waals surface area contributed by atoms with Gasteiger partial charge < -0.3 is 36.6 Å². The topological polar surface area (TPSA) is 144 Å². The average molecular weight is 617 g/mol. The van der Waals surface area contributed by atoms with E-state index in [0.717, 1.165) is 82.1 Å². The standard InChI is InChI=1S/C32H40N8O3S/c33-12-4-13-35-14-5-15-38-16-10-22(11-17-38)36-30(41)28-21-26-31(44-28)37-29(34)32(42)40(26)24-8-9-27-25(20-24)39(18-19-43-27)23-6-2-1-3-7-23/h1-3,6-9,20-22,35H,4-5,10-19,33H2,(H2,34,37)(H,36,41). The monoisotopic (exact) mass is 616 g/mol. The molecule has 0 unspecified atom stereocenters. The molecule has 1 amide bonds. The molecule has 0 aliphatic carbocycles. The maximum absolute atomic E-state index is 13.4. The molecule has 4 aromatic rings. The Balaban J connectivity index is 1.17. The Bertz CT molecular complexity index is 1650. The number of nitrogens with one attached hydrogen (secondary N) is 2. The number of rotatable bonds is 11. The van der Waals surface area contributed by atoms with Crippen LogP contribution in [-0.4, -0.2) is 78.8 Å². The van der Waals surface area contributed by atoms with Gasteiger partial charge in [-0.05, 0) is 88.3 Å². The van der Waals surface area contributed by atoms with Gasteiger partial charge in [-0.25, -0.2) is 4.98 Å². The van der Waals surface area contributed by atoms with E-state index in [1.807, 2.05) is 48.5 Å². The van der Waals surface area contributed by atoms with Crippen LogP contribution in [0.1, 0.15) is 35.4 Å². The smallest absolute Gasteiger partial charge is 0.298 e. The summed E-state index contributed by atoms with van der Waals surface area (Å²) < 4.78 is 7.48. The number of carbonyl (C=O) groups excluding carboxylic acids is 1. The summed E-state index contributed by atoms with van der Waals surface area (Å²) in [7, 11) is 0. The Hall–Kier alpha value is -3.97. The van der Waals surface area contributed by atoms with Crippen molar-refractivity contribution in [2.75, 3.05) is 63.1 Å². The van der Waals surface area contributed by atoms with E-state index < -0.39 is 5.56 Å². The summed E-state index contributed by atoms with van der Waals surface area (Å²) in [6.45, 7) is 6.89. The van der Waals surface area contributed by atoms with Gasteiger partial charge in [-0.1, -0.05) is 18.2 Å². The lowest BCUT2D eigenvalue weighted by atomic mass is 10.0. The molecule has 6 rings (SSSR count). The van der Waals surface area contributed by atoms with Crippen LogP contribution in [0, 0.1) is 0 Å². The fraction of sp³-hybridized carbons (Fsp3) is 0.406. The molecule has 0 radical (unpaired) electrons. The Labute approximate surface area is 260 Å². The summed E-state index contributed by atoms with van der Waals surface area (Å²) >= 11 is 1.25. The third-order valence-corrected chi connectivity index (χ3v) is 9.26. The highest BCUT2D eigenvalue weighted by Gasteiger charge is 2.25. The normalized spacial score (nSPS) is 15.7. The predicted octanol–water partition coefficient (Wildman–Crippen LogP) is 3.08. The number of para-hydroxylation sites is 1. The first-order chi connectivity index (χ1) is 21.5. The molecule has 2 aliphatic rings. The van der Waals surface area contributed by atoms with Gasteiger partial charge in [0.2, 0.25) is 0 Å². The molecular formula is C32H40N8O3S. The number of aromatic nitrogens is 2. The van der Waals surface area contributed by atoms with Crippen LogP contribution in [0.25, 0.3) is 16.0 Å². The Kier molecular flexibility index (Phi) is 9.41. The minimum absolute atomic E-state index is 0.108. The molecule has 11 nitrogen and oxygen atoms in total. The van der Waals surface area contributed by atoms with Crippen LogP contribution in [0.5, 0.6) is 5.75 Å². The summed E-state index contributed by atoms with van der Waals surface area (Å²) in [5.41, 5.74) is 14.3. The van der Waals surface area contributed by atoms with E-state index >= 15 is 0 Å². The average Bonchev–Trinajstić information content (AvgIpc) is 3.47. The summed E-state index contributed by atoms with van der Waals surface area (Å²) in [6, 6.07) is 17.6. The van der Waals surface area contributed by atoms with Gasteiger partial charge in [-0.2, -0.15) is 0 Å². The molecule has 1 saturated heterocycles. The van der Waals surface area contributed by atoms with E-state index in [-0.39, 0.29) is 17.8 Å². The highest BCUT2D eigenvalue weighted by Crippen LogP contribution is 2.38. The number of amides is 1. The van der Waals surface area contributed by atoms with Crippen molar-refractivity contribution in [2.45, 2.75) is 31.7 Å². The fourth-order valence-corrected chi connectivity index (χ4v) is 6.85. The van der Waals surface area contributed by atoms with Crippen molar-refractivity contribution in [2.24, 2.45) is 5.73 Å². The number of nitrogens with zero attached hydrogens (tertiary/aromatic N) is 4. The number of piperidine rings is 1. The summed E-state index contributed by atoms with van der Waals surface area (Å²) in [5.74, 6) is 0.482. The fourth-order valence-electron chi connectivity index (χ4n) is 5.92. The highest BCUT2D eigenvalue weighted by molar-refractivity contribution is 7.20. The molecular weight excluding hydrogens is 576 g/mol. The first-order valence-electron chi connectivity index (χ1n) is 15.4. The van der Waals surface area contributed by atoms with Crippen molar-refractivity contribution < 1.29 is 9.53 Å². The summed E-state index contributed by atoms with van der Waals surface area (Å²) in [5, 5.41) is 6.64. The molecule has 12 heteroatoms. The highest BCUT2D eigenvalue weighted by atomic mass is 32.1. The van der Waals surface area contributed by atoms with E-state index in [0.29, 0.717) is 34.1 Å². The second kappa shape index (κ2) is 13.8. The van der Waals surface area contributed by atoms with Gasteiger partial charge in [-0.15, -0.1) is 11.3 Å². The van der Waals surface area contributed by atoms with Crippen LogP contribution < -0.4 is 37.3 Å². The number of nitrogen functional groups attached to an aromatic ring is 1. The molecule has 0 atom stereocenters. The molecule has 0 bridgehead atoms. The number of benzene rings is 2. The van der Waals surface area contributed by atoms with Crippen molar-refractivity contribution in [3.8, 4) is 11.4 Å².